The first-order chi connectivity index (χ1) is 12.7. The van der Waals surface area contributed by atoms with E-state index in [9.17, 15) is 9.90 Å². The smallest absolute Gasteiger partial charge is 0.354 e. The second kappa shape index (κ2) is 6.92. The molecule has 6 heteroatoms. The molecule has 0 aliphatic carbocycles. The van der Waals surface area contributed by atoms with E-state index in [1.807, 2.05) is 48.5 Å². The van der Waals surface area contributed by atoms with E-state index in [2.05, 4.69) is 10.2 Å². The van der Waals surface area contributed by atoms with Gasteiger partial charge in [0.2, 0.25) is 0 Å². The van der Waals surface area contributed by atoms with E-state index in [0.717, 1.165) is 17.5 Å². The topological polar surface area (TPSA) is 84.4 Å². The lowest BCUT2D eigenvalue weighted by molar-refractivity contribution is 0.0689. The third-order valence-corrected chi connectivity index (χ3v) is 4.33. The van der Waals surface area contributed by atoms with Crippen LogP contribution in [0, 0.1) is 0 Å². The van der Waals surface area contributed by atoms with Crippen LogP contribution >= 0.6 is 0 Å². The number of benzene rings is 2. The van der Waals surface area contributed by atoms with Gasteiger partial charge < -0.3 is 14.6 Å². The molecule has 1 aliphatic rings. The molecule has 0 bridgehead atoms. The molecule has 1 aliphatic heterocycles. The van der Waals surface area contributed by atoms with Gasteiger partial charge in [-0.15, -0.1) is 0 Å². The second-order valence-electron chi connectivity index (χ2n) is 6.11. The van der Waals surface area contributed by atoms with Crippen LogP contribution in [0.5, 0.6) is 11.5 Å². The van der Waals surface area contributed by atoms with Crippen molar-refractivity contribution in [2.24, 2.45) is 0 Å². The molecule has 0 fully saturated rings. The molecule has 4 rings (SSSR count). The highest BCUT2D eigenvalue weighted by atomic mass is 16.5. The lowest BCUT2D eigenvalue weighted by Crippen LogP contribution is -2.02. The molecule has 0 unspecified atom stereocenters. The Labute approximate surface area is 150 Å². The number of aromatic carboxylic acids is 1. The van der Waals surface area contributed by atoms with Gasteiger partial charge in [0, 0.05) is 24.0 Å². The van der Waals surface area contributed by atoms with E-state index in [0.29, 0.717) is 42.4 Å². The fourth-order valence-electron chi connectivity index (χ4n) is 3.06. The fourth-order valence-corrected chi connectivity index (χ4v) is 3.06. The second-order valence-corrected chi connectivity index (χ2v) is 6.11. The Balaban J connectivity index is 1.77. The minimum atomic E-state index is -1.02. The molecule has 0 saturated carbocycles. The maximum absolute atomic E-state index is 11.6. The number of H-pyrrole nitrogens is 1. The average Bonchev–Trinajstić information content (AvgIpc) is 2.92. The molecular formula is C20H18N2O4. The van der Waals surface area contributed by atoms with Gasteiger partial charge in [-0.2, -0.15) is 5.10 Å². The highest BCUT2D eigenvalue weighted by molar-refractivity contribution is 5.90. The third-order valence-electron chi connectivity index (χ3n) is 4.33. The number of carboxylic acids is 1. The number of aromatic nitrogens is 2. The zero-order chi connectivity index (χ0) is 17.9. The number of carbonyl (C=O) groups is 1. The van der Waals surface area contributed by atoms with Crippen molar-refractivity contribution in [3.8, 4) is 22.8 Å². The van der Waals surface area contributed by atoms with Crippen LogP contribution in [0.2, 0.25) is 0 Å². The van der Waals surface area contributed by atoms with Gasteiger partial charge in [0.1, 0.15) is 5.69 Å². The lowest BCUT2D eigenvalue weighted by atomic mass is 9.98. The molecule has 0 radical (unpaired) electrons. The summed E-state index contributed by atoms with van der Waals surface area (Å²) in [5.41, 5.74) is 3.19. The van der Waals surface area contributed by atoms with Crippen molar-refractivity contribution >= 4 is 5.97 Å². The van der Waals surface area contributed by atoms with E-state index in [-0.39, 0.29) is 5.69 Å². The zero-order valence-electron chi connectivity index (χ0n) is 14.1. The van der Waals surface area contributed by atoms with Crippen molar-refractivity contribution in [2.75, 3.05) is 13.2 Å². The van der Waals surface area contributed by atoms with Gasteiger partial charge in [-0.3, -0.25) is 5.10 Å². The number of hydrogen-bond acceptors (Lipinski definition) is 4. The molecule has 0 saturated heterocycles. The van der Waals surface area contributed by atoms with Gasteiger partial charge in [0.15, 0.2) is 11.5 Å². The van der Waals surface area contributed by atoms with Crippen LogP contribution in [0.25, 0.3) is 11.3 Å². The maximum Gasteiger partial charge on any atom is 0.354 e. The lowest BCUT2D eigenvalue weighted by Gasteiger charge is -2.10. The van der Waals surface area contributed by atoms with Gasteiger partial charge in [-0.05, 0) is 23.8 Å². The molecule has 3 aromatic rings. The van der Waals surface area contributed by atoms with Gasteiger partial charge in [0.05, 0.1) is 18.9 Å². The predicted molar refractivity (Wildman–Crippen MR) is 95.8 cm³/mol. The highest BCUT2D eigenvalue weighted by Crippen LogP contribution is 2.35. The molecule has 2 aromatic carbocycles. The van der Waals surface area contributed by atoms with Gasteiger partial charge in [-0.25, -0.2) is 4.79 Å². The Hall–Kier alpha value is -3.28. The van der Waals surface area contributed by atoms with Crippen molar-refractivity contribution < 1.29 is 19.4 Å². The summed E-state index contributed by atoms with van der Waals surface area (Å²) in [6.07, 6.45) is 1.30. The van der Waals surface area contributed by atoms with Crippen LogP contribution < -0.4 is 9.47 Å². The molecule has 6 nitrogen and oxygen atoms in total. The van der Waals surface area contributed by atoms with Gasteiger partial charge >= 0.3 is 5.97 Å². The van der Waals surface area contributed by atoms with Crippen LogP contribution in [0.3, 0.4) is 0 Å². The minimum Gasteiger partial charge on any atom is -0.490 e. The number of nitrogens with zero attached hydrogens (tertiary/aromatic N) is 1. The zero-order valence-corrected chi connectivity index (χ0v) is 14.1. The minimum absolute atomic E-state index is 0.107. The molecule has 1 aromatic heterocycles. The summed E-state index contributed by atoms with van der Waals surface area (Å²) < 4.78 is 11.4. The van der Waals surface area contributed by atoms with Crippen molar-refractivity contribution in [1.29, 1.82) is 0 Å². The molecule has 2 N–H and O–H groups in total. The van der Waals surface area contributed by atoms with E-state index >= 15 is 0 Å². The number of rotatable bonds is 4. The Kier molecular flexibility index (Phi) is 4.31. The van der Waals surface area contributed by atoms with Crippen LogP contribution in [-0.4, -0.2) is 34.5 Å². The number of hydrogen-bond donors (Lipinski definition) is 2. The highest BCUT2D eigenvalue weighted by Gasteiger charge is 2.21. The summed E-state index contributed by atoms with van der Waals surface area (Å²) in [5.74, 6) is 0.333. The van der Waals surface area contributed by atoms with E-state index in [4.69, 9.17) is 9.47 Å². The van der Waals surface area contributed by atoms with Crippen molar-refractivity contribution in [2.45, 2.75) is 12.8 Å². The number of ether oxygens (including phenoxy) is 2. The first-order valence-electron chi connectivity index (χ1n) is 8.47. The first-order valence-corrected chi connectivity index (χ1v) is 8.47. The van der Waals surface area contributed by atoms with Crippen LogP contribution in [0.1, 0.15) is 28.0 Å². The Bertz CT molecular complexity index is 934. The van der Waals surface area contributed by atoms with Crippen LogP contribution in [0.4, 0.5) is 0 Å². The number of aromatic amines is 1. The third kappa shape index (κ3) is 3.13. The number of nitrogens with one attached hydrogen (secondary N) is 1. The Morgan fingerprint density at radius 2 is 1.85 bits per heavy atom. The normalized spacial score (nSPS) is 13.2. The number of carboxylic acid groups (broad SMARTS) is 1. The molecule has 0 atom stereocenters. The van der Waals surface area contributed by atoms with E-state index < -0.39 is 5.97 Å². The standard InChI is InChI=1S/C20H18N2O4/c23-20(24)19-15(11-13-5-2-1-3-6-13)18(21-22-19)14-7-8-16-17(12-14)26-10-4-9-25-16/h1-3,5-8,12H,4,9-11H2,(H,21,22)(H,23,24). The largest absolute Gasteiger partial charge is 0.490 e. The van der Waals surface area contributed by atoms with Crippen LogP contribution in [-0.2, 0) is 6.42 Å². The SMILES string of the molecule is O=C(O)c1[nH]nc(-c2ccc3c(c2)OCCCO3)c1Cc1ccccc1. The summed E-state index contributed by atoms with van der Waals surface area (Å²) in [5, 5.41) is 16.5. The summed E-state index contributed by atoms with van der Waals surface area (Å²) in [7, 11) is 0. The Morgan fingerprint density at radius 1 is 1.08 bits per heavy atom. The molecule has 26 heavy (non-hydrogen) atoms. The predicted octanol–water partition coefficient (Wildman–Crippen LogP) is 3.53. The maximum atomic E-state index is 11.6. The van der Waals surface area contributed by atoms with Crippen LogP contribution in [0.15, 0.2) is 48.5 Å². The molecule has 2 heterocycles. The fraction of sp³-hybridized carbons (Fsp3) is 0.200. The molecule has 0 spiro atoms. The number of fused-ring (bicyclic) bond motifs is 1. The van der Waals surface area contributed by atoms with Gasteiger partial charge in [-0.1, -0.05) is 30.3 Å². The van der Waals surface area contributed by atoms with Crippen molar-refractivity contribution in [1.82, 2.24) is 10.2 Å². The quantitative estimate of drug-likeness (QED) is 0.752. The van der Waals surface area contributed by atoms with Crippen molar-refractivity contribution in [3.63, 3.8) is 0 Å². The van der Waals surface area contributed by atoms with Crippen molar-refractivity contribution in [3.05, 3.63) is 65.4 Å². The Morgan fingerprint density at radius 3 is 2.62 bits per heavy atom. The molecule has 0 amide bonds. The van der Waals surface area contributed by atoms with Gasteiger partial charge in [0.25, 0.3) is 0 Å². The van der Waals surface area contributed by atoms with E-state index in [1.165, 1.54) is 0 Å². The summed E-state index contributed by atoms with van der Waals surface area (Å²) in [4.78, 5) is 11.6. The summed E-state index contributed by atoms with van der Waals surface area (Å²) in [6, 6.07) is 15.3. The monoisotopic (exact) mass is 350 g/mol. The molecular weight excluding hydrogens is 332 g/mol. The first kappa shape index (κ1) is 16.2. The summed E-state index contributed by atoms with van der Waals surface area (Å²) in [6.45, 7) is 1.21. The average molecular weight is 350 g/mol. The summed E-state index contributed by atoms with van der Waals surface area (Å²) >= 11 is 0. The molecule has 132 valence electrons. The van der Waals surface area contributed by atoms with E-state index in [1.54, 1.807) is 0 Å².